The van der Waals surface area contributed by atoms with E-state index in [1.54, 1.807) is 0 Å². The molecule has 21 heavy (non-hydrogen) atoms. The summed E-state index contributed by atoms with van der Waals surface area (Å²) in [5.74, 6) is -2.02. The number of ether oxygens (including phenoxy) is 1. The van der Waals surface area contributed by atoms with Gasteiger partial charge in [0.05, 0.1) is 10.5 Å². The molecule has 1 aromatic heterocycles. The van der Waals surface area contributed by atoms with Crippen molar-refractivity contribution in [3.63, 3.8) is 0 Å². The fourth-order valence-electron chi connectivity index (χ4n) is 1.53. The Morgan fingerprint density at radius 1 is 1.48 bits per heavy atom. The number of hydrogen-bond acceptors (Lipinski definition) is 6. The number of hydrogen-bond donors (Lipinski definition) is 1. The maximum Gasteiger partial charge on any atom is 0.335 e. The predicted octanol–water partition coefficient (Wildman–Crippen LogP) is 1.18. The summed E-state index contributed by atoms with van der Waals surface area (Å²) in [6, 6.07) is 3.03. The van der Waals surface area contributed by atoms with Crippen molar-refractivity contribution in [2.24, 2.45) is 7.05 Å². The van der Waals surface area contributed by atoms with Crippen LogP contribution in [0.5, 0.6) is 11.6 Å². The largest absolute Gasteiger partial charge is 0.478 e. The standard InChI is InChI=1S/C12H9N3O6/c1-14-5-4-13-10(11(14)16)21-9-6-7(12(17)18)2-3-8(9)15(19)20/h2-6H,1H3,(H,17,18). The van der Waals surface area contributed by atoms with Crippen molar-refractivity contribution in [1.82, 2.24) is 9.55 Å². The van der Waals surface area contributed by atoms with Crippen LogP contribution in [0.1, 0.15) is 10.4 Å². The first kappa shape index (κ1) is 14.2. The van der Waals surface area contributed by atoms with Crippen LogP contribution in [0, 0.1) is 10.1 Å². The van der Waals surface area contributed by atoms with E-state index >= 15 is 0 Å². The molecule has 9 heteroatoms. The van der Waals surface area contributed by atoms with Crippen LogP contribution in [-0.4, -0.2) is 25.6 Å². The Balaban J connectivity index is 2.53. The topological polar surface area (TPSA) is 125 Å². The minimum absolute atomic E-state index is 0.205. The second-order valence-corrected chi connectivity index (χ2v) is 4.00. The minimum atomic E-state index is -1.27. The van der Waals surface area contributed by atoms with Gasteiger partial charge in [-0.25, -0.2) is 9.78 Å². The zero-order chi connectivity index (χ0) is 15.6. The summed E-state index contributed by atoms with van der Waals surface area (Å²) in [6.45, 7) is 0. The number of benzene rings is 1. The number of rotatable bonds is 4. The molecule has 0 saturated carbocycles. The van der Waals surface area contributed by atoms with Gasteiger partial charge in [0.15, 0.2) is 0 Å². The van der Waals surface area contributed by atoms with Gasteiger partial charge in [-0.15, -0.1) is 0 Å². The quantitative estimate of drug-likeness (QED) is 0.662. The molecule has 0 bridgehead atoms. The summed E-state index contributed by atoms with van der Waals surface area (Å²) < 4.78 is 6.30. The molecule has 0 unspecified atom stereocenters. The van der Waals surface area contributed by atoms with E-state index < -0.39 is 22.1 Å². The van der Waals surface area contributed by atoms with Crippen molar-refractivity contribution in [1.29, 1.82) is 0 Å². The fourth-order valence-corrected chi connectivity index (χ4v) is 1.53. The number of nitrogens with zero attached hydrogens (tertiary/aromatic N) is 3. The number of nitro groups is 1. The third-order valence-corrected chi connectivity index (χ3v) is 2.60. The van der Waals surface area contributed by atoms with Crippen molar-refractivity contribution < 1.29 is 19.6 Å². The van der Waals surface area contributed by atoms with Gasteiger partial charge in [-0.1, -0.05) is 0 Å². The average Bonchev–Trinajstić information content (AvgIpc) is 2.43. The third kappa shape index (κ3) is 2.86. The smallest absolute Gasteiger partial charge is 0.335 e. The molecule has 0 fully saturated rings. The van der Waals surface area contributed by atoms with Crippen molar-refractivity contribution in [3.8, 4) is 11.6 Å². The molecule has 0 spiro atoms. The molecule has 9 nitrogen and oxygen atoms in total. The van der Waals surface area contributed by atoms with Gasteiger partial charge in [-0.05, 0) is 6.07 Å². The zero-order valence-corrected chi connectivity index (χ0v) is 10.7. The summed E-state index contributed by atoms with van der Waals surface area (Å²) in [5.41, 5.74) is -1.27. The summed E-state index contributed by atoms with van der Waals surface area (Å²) in [4.78, 5) is 36.5. The van der Waals surface area contributed by atoms with Crippen LogP contribution < -0.4 is 10.3 Å². The van der Waals surface area contributed by atoms with Crippen LogP contribution in [-0.2, 0) is 7.05 Å². The summed E-state index contributed by atoms with van der Waals surface area (Å²) in [7, 11) is 1.46. The Morgan fingerprint density at radius 2 is 2.19 bits per heavy atom. The van der Waals surface area contributed by atoms with Crippen LogP contribution in [0.2, 0.25) is 0 Å². The first-order valence-corrected chi connectivity index (χ1v) is 5.61. The molecule has 2 rings (SSSR count). The van der Waals surface area contributed by atoms with Gasteiger partial charge in [0, 0.05) is 31.6 Å². The van der Waals surface area contributed by atoms with Gasteiger partial charge in [-0.2, -0.15) is 0 Å². The van der Waals surface area contributed by atoms with Gasteiger partial charge in [0.1, 0.15) is 0 Å². The second-order valence-electron chi connectivity index (χ2n) is 4.00. The van der Waals surface area contributed by atoms with Crippen LogP contribution >= 0.6 is 0 Å². The van der Waals surface area contributed by atoms with E-state index in [-0.39, 0.29) is 17.2 Å². The lowest BCUT2D eigenvalue weighted by Crippen LogP contribution is -2.18. The Bertz CT molecular complexity index is 783. The highest BCUT2D eigenvalue weighted by molar-refractivity contribution is 5.88. The fraction of sp³-hybridized carbons (Fsp3) is 0.0833. The number of carboxylic acid groups (broad SMARTS) is 1. The van der Waals surface area contributed by atoms with E-state index in [4.69, 9.17) is 9.84 Å². The first-order chi connectivity index (χ1) is 9.90. The molecule has 0 radical (unpaired) electrons. The molecule has 1 aromatic carbocycles. The first-order valence-electron chi connectivity index (χ1n) is 5.61. The lowest BCUT2D eigenvalue weighted by Gasteiger charge is -2.06. The SMILES string of the molecule is Cn1ccnc(Oc2cc(C(=O)O)ccc2[N+](=O)[O-])c1=O. The molecule has 0 aliphatic heterocycles. The Hall–Kier alpha value is -3.23. The molecule has 1 heterocycles. The second kappa shape index (κ2) is 5.41. The van der Waals surface area contributed by atoms with Crippen molar-refractivity contribution >= 4 is 11.7 Å². The summed E-state index contributed by atoms with van der Waals surface area (Å²) in [5, 5.41) is 19.8. The van der Waals surface area contributed by atoms with Crippen molar-refractivity contribution in [2.75, 3.05) is 0 Å². The number of nitro benzene ring substituents is 1. The monoisotopic (exact) mass is 291 g/mol. The van der Waals surface area contributed by atoms with Gasteiger partial charge in [-0.3, -0.25) is 14.9 Å². The third-order valence-electron chi connectivity index (χ3n) is 2.60. The number of carboxylic acids is 1. The van der Waals surface area contributed by atoms with Crippen molar-refractivity contribution in [2.45, 2.75) is 0 Å². The zero-order valence-electron chi connectivity index (χ0n) is 10.7. The lowest BCUT2D eigenvalue weighted by molar-refractivity contribution is -0.385. The molecule has 1 N–H and O–H groups in total. The van der Waals surface area contributed by atoms with E-state index in [0.29, 0.717) is 0 Å². The van der Waals surface area contributed by atoms with Crippen LogP contribution in [0.4, 0.5) is 5.69 Å². The molecule has 2 aromatic rings. The van der Waals surface area contributed by atoms with Gasteiger partial charge in [0.2, 0.25) is 5.75 Å². The van der Waals surface area contributed by atoms with Gasteiger partial charge in [0.25, 0.3) is 5.88 Å². The normalized spacial score (nSPS) is 10.1. The molecular weight excluding hydrogens is 282 g/mol. The highest BCUT2D eigenvalue weighted by Gasteiger charge is 2.20. The van der Waals surface area contributed by atoms with E-state index in [9.17, 15) is 19.7 Å². The number of aryl methyl sites for hydroxylation is 1. The van der Waals surface area contributed by atoms with Gasteiger partial charge >= 0.3 is 17.2 Å². The molecule has 0 saturated heterocycles. The summed E-state index contributed by atoms with van der Waals surface area (Å²) in [6.07, 6.45) is 2.67. The van der Waals surface area contributed by atoms with Crippen LogP contribution in [0.15, 0.2) is 35.4 Å². The number of carbonyl (C=O) groups is 1. The highest BCUT2D eigenvalue weighted by atomic mass is 16.6. The minimum Gasteiger partial charge on any atom is -0.478 e. The Morgan fingerprint density at radius 3 is 2.81 bits per heavy atom. The Labute approximate surface area is 117 Å². The molecule has 0 aliphatic carbocycles. The van der Waals surface area contributed by atoms with E-state index in [2.05, 4.69) is 4.98 Å². The summed E-state index contributed by atoms with van der Waals surface area (Å²) >= 11 is 0. The van der Waals surface area contributed by atoms with E-state index in [1.807, 2.05) is 0 Å². The van der Waals surface area contributed by atoms with Crippen molar-refractivity contribution in [3.05, 3.63) is 56.6 Å². The van der Waals surface area contributed by atoms with Gasteiger partial charge < -0.3 is 14.4 Å². The molecule has 108 valence electrons. The maximum absolute atomic E-state index is 11.8. The number of aromatic nitrogens is 2. The Kier molecular flexibility index (Phi) is 3.65. The van der Waals surface area contributed by atoms with Crippen LogP contribution in [0.25, 0.3) is 0 Å². The highest BCUT2D eigenvalue weighted by Crippen LogP contribution is 2.30. The lowest BCUT2D eigenvalue weighted by atomic mass is 10.2. The predicted molar refractivity (Wildman–Crippen MR) is 69.6 cm³/mol. The average molecular weight is 291 g/mol. The molecule has 0 aliphatic rings. The molecular formula is C12H9N3O6. The van der Waals surface area contributed by atoms with E-state index in [1.165, 1.54) is 24.0 Å². The molecule has 0 amide bonds. The van der Waals surface area contributed by atoms with E-state index in [0.717, 1.165) is 18.2 Å². The number of aromatic carboxylic acids is 1. The molecule has 0 atom stereocenters. The maximum atomic E-state index is 11.8. The van der Waals surface area contributed by atoms with Crippen LogP contribution in [0.3, 0.4) is 0 Å².